The lowest BCUT2D eigenvalue weighted by Gasteiger charge is -2.08. The molecule has 0 saturated heterocycles. The average Bonchev–Trinajstić information content (AvgIpc) is 2.35. The van der Waals surface area contributed by atoms with Crippen LogP contribution >= 0.6 is 11.6 Å². The van der Waals surface area contributed by atoms with Crippen molar-refractivity contribution < 1.29 is 9.13 Å². The molecule has 0 aliphatic rings. The lowest BCUT2D eigenvalue weighted by molar-refractivity contribution is 0.181. The van der Waals surface area contributed by atoms with Crippen molar-refractivity contribution in [2.24, 2.45) is 0 Å². The molecule has 0 spiro atoms. The summed E-state index contributed by atoms with van der Waals surface area (Å²) in [4.78, 5) is 18.0. The van der Waals surface area contributed by atoms with Gasteiger partial charge in [0.1, 0.15) is 0 Å². The second kappa shape index (κ2) is 5.81. The maximum absolute atomic E-state index is 13.7. The van der Waals surface area contributed by atoms with Crippen LogP contribution in [0.3, 0.4) is 0 Å². The van der Waals surface area contributed by atoms with Gasteiger partial charge < -0.3 is 10.1 Å². The van der Waals surface area contributed by atoms with Crippen LogP contribution in [0, 0.1) is 5.82 Å². The normalized spacial score (nSPS) is 10.5. The van der Waals surface area contributed by atoms with E-state index in [0.29, 0.717) is 5.69 Å². The van der Waals surface area contributed by atoms with E-state index in [0.717, 1.165) is 0 Å². The molecule has 0 fully saturated rings. The third-order valence-electron chi connectivity index (χ3n) is 2.29. The van der Waals surface area contributed by atoms with Gasteiger partial charge in [0, 0.05) is 13.2 Å². The summed E-state index contributed by atoms with van der Waals surface area (Å²) >= 11 is 5.66. The van der Waals surface area contributed by atoms with E-state index in [1.54, 1.807) is 6.07 Å². The molecule has 0 amide bonds. The van der Waals surface area contributed by atoms with Crippen LogP contribution < -0.4 is 10.9 Å². The van der Waals surface area contributed by atoms with Crippen LogP contribution in [-0.4, -0.2) is 17.1 Å². The second-order valence-corrected chi connectivity index (χ2v) is 4.15. The number of hydrogen-bond donors (Lipinski definition) is 2. The Hall–Kier alpha value is -1.92. The van der Waals surface area contributed by atoms with Crippen molar-refractivity contribution in [3.05, 3.63) is 51.2 Å². The molecule has 5 nitrogen and oxygen atoms in total. The number of nitrogens with zero attached hydrogens (tertiary/aromatic N) is 1. The Kier molecular flexibility index (Phi) is 4.13. The molecule has 2 aromatic rings. The molecule has 0 bridgehead atoms. The quantitative estimate of drug-likeness (QED) is 0.904. The number of methoxy groups -OCH3 is 1. The molecule has 1 aromatic heterocycles. The second-order valence-electron chi connectivity index (χ2n) is 3.74. The van der Waals surface area contributed by atoms with E-state index < -0.39 is 5.82 Å². The first-order chi connectivity index (χ1) is 9.10. The first kappa shape index (κ1) is 13.5. The molecule has 0 aliphatic heterocycles. The molecule has 0 atom stereocenters. The van der Waals surface area contributed by atoms with Gasteiger partial charge in [-0.25, -0.2) is 9.37 Å². The monoisotopic (exact) mass is 283 g/mol. The van der Waals surface area contributed by atoms with Gasteiger partial charge in [0.05, 0.1) is 23.0 Å². The fourth-order valence-electron chi connectivity index (χ4n) is 1.52. The molecule has 19 heavy (non-hydrogen) atoms. The number of aromatic amines is 1. The van der Waals surface area contributed by atoms with Crippen LogP contribution in [0.4, 0.5) is 16.0 Å². The number of nitrogens with one attached hydrogen (secondary N) is 2. The van der Waals surface area contributed by atoms with E-state index >= 15 is 0 Å². The van der Waals surface area contributed by atoms with E-state index in [1.807, 2.05) is 0 Å². The fraction of sp³-hybridized carbons (Fsp3) is 0.167. The molecule has 1 aromatic carbocycles. The highest BCUT2D eigenvalue weighted by Crippen LogP contribution is 2.23. The van der Waals surface area contributed by atoms with Gasteiger partial charge in [0.15, 0.2) is 5.82 Å². The molecular weight excluding hydrogens is 273 g/mol. The third kappa shape index (κ3) is 3.30. The Morgan fingerprint density at radius 1 is 1.53 bits per heavy atom. The molecule has 2 N–H and O–H groups in total. The summed E-state index contributed by atoms with van der Waals surface area (Å²) < 4.78 is 18.6. The average molecular weight is 284 g/mol. The Bertz CT molecular complexity index is 645. The van der Waals surface area contributed by atoms with Crippen molar-refractivity contribution >= 4 is 23.2 Å². The minimum Gasteiger partial charge on any atom is -0.378 e. The predicted octanol–water partition coefficient (Wildman–Crippen LogP) is 2.45. The van der Waals surface area contributed by atoms with Crippen LogP contribution in [0.1, 0.15) is 5.69 Å². The molecule has 2 rings (SSSR count). The molecule has 0 unspecified atom stereocenters. The SMILES string of the molecule is COCc1cc(=O)[nH]c(Nc2cccc(Cl)c2F)n1. The van der Waals surface area contributed by atoms with Crippen molar-refractivity contribution in [1.29, 1.82) is 0 Å². The number of halogens is 2. The van der Waals surface area contributed by atoms with Crippen molar-refractivity contribution in [3.63, 3.8) is 0 Å². The number of anilines is 2. The molecular formula is C12H11ClFN3O2. The summed E-state index contributed by atoms with van der Waals surface area (Å²) in [6.45, 7) is 0.191. The summed E-state index contributed by atoms with van der Waals surface area (Å²) in [5.41, 5.74) is 0.216. The Balaban J connectivity index is 2.32. The van der Waals surface area contributed by atoms with E-state index in [1.165, 1.54) is 25.3 Å². The van der Waals surface area contributed by atoms with Gasteiger partial charge in [0.2, 0.25) is 5.95 Å². The summed E-state index contributed by atoms with van der Waals surface area (Å²) in [5.74, 6) is -0.482. The van der Waals surface area contributed by atoms with Gasteiger partial charge in [-0.15, -0.1) is 0 Å². The van der Waals surface area contributed by atoms with Crippen LogP contribution in [0.5, 0.6) is 0 Å². The molecule has 0 aliphatic carbocycles. The van der Waals surface area contributed by atoms with E-state index in [-0.39, 0.29) is 28.8 Å². The largest absolute Gasteiger partial charge is 0.378 e. The van der Waals surface area contributed by atoms with Gasteiger partial charge in [-0.1, -0.05) is 17.7 Å². The van der Waals surface area contributed by atoms with Crippen molar-refractivity contribution in [2.75, 3.05) is 12.4 Å². The van der Waals surface area contributed by atoms with Gasteiger partial charge in [-0.05, 0) is 12.1 Å². The Morgan fingerprint density at radius 3 is 3.05 bits per heavy atom. The van der Waals surface area contributed by atoms with Crippen molar-refractivity contribution in [1.82, 2.24) is 9.97 Å². The zero-order chi connectivity index (χ0) is 13.8. The molecule has 0 radical (unpaired) electrons. The number of ether oxygens (including phenoxy) is 1. The molecule has 1 heterocycles. The van der Waals surface area contributed by atoms with Crippen LogP contribution in [0.25, 0.3) is 0 Å². The van der Waals surface area contributed by atoms with E-state index in [9.17, 15) is 9.18 Å². The molecule has 7 heteroatoms. The third-order valence-corrected chi connectivity index (χ3v) is 2.58. The zero-order valence-electron chi connectivity index (χ0n) is 10.0. The maximum Gasteiger partial charge on any atom is 0.252 e. The smallest absolute Gasteiger partial charge is 0.252 e. The lowest BCUT2D eigenvalue weighted by Crippen LogP contribution is -2.12. The molecule has 0 saturated carbocycles. The van der Waals surface area contributed by atoms with Crippen molar-refractivity contribution in [2.45, 2.75) is 6.61 Å². The first-order valence-corrected chi connectivity index (χ1v) is 5.78. The highest BCUT2D eigenvalue weighted by Gasteiger charge is 2.08. The Morgan fingerprint density at radius 2 is 2.32 bits per heavy atom. The highest BCUT2D eigenvalue weighted by atomic mass is 35.5. The summed E-state index contributed by atoms with van der Waals surface area (Å²) in [5, 5.41) is 2.66. The minimum absolute atomic E-state index is 0.0135. The van der Waals surface area contributed by atoms with Gasteiger partial charge in [-0.2, -0.15) is 0 Å². The topological polar surface area (TPSA) is 67.0 Å². The summed E-state index contributed by atoms with van der Waals surface area (Å²) in [6, 6.07) is 5.82. The van der Waals surface area contributed by atoms with Gasteiger partial charge in [-0.3, -0.25) is 9.78 Å². The number of aromatic nitrogens is 2. The zero-order valence-corrected chi connectivity index (χ0v) is 10.8. The molecule has 100 valence electrons. The van der Waals surface area contributed by atoms with Crippen LogP contribution in [0.15, 0.2) is 29.1 Å². The fourth-order valence-corrected chi connectivity index (χ4v) is 1.69. The maximum atomic E-state index is 13.7. The van der Waals surface area contributed by atoms with E-state index in [4.69, 9.17) is 16.3 Å². The lowest BCUT2D eigenvalue weighted by atomic mass is 10.3. The van der Waals surface area contributed by atoms with E-state index in [2.05, 4.69) is 15.3 Å². The highest BCUT2D eigenvalue weighted by molar-refractivity contribution is 6.31. The van der Waals surface area contributed by atoms with Crippen molar-refractivity contribution in [3.8, 4) is 0 Å². The summed E-state index contributed by atoms with van der Waals surface area (Å²) in [6.07, 6.45) is 0. The Labute approximate surface area is 113 Å². The number of rotatable bonds is 4. The number of H-pyrrole nitrogens is 1. The standard InChI is InChI=1S/C12H11ClFN3O2/c1-19-6-7-5-10(18)17-12(15-7)16-9-4-2-3-8(13)11(9)14/h2-5H,6H2,1H3,(H2,15,16,17,18). The minimum atomic E-state index is -0.607. The van der Waals surface area contributed by atoms with Gasteiger partial charge in [0.25, 0.3) is 5.56 Å². The van der Waals surface area contributed by atoms with Gasteiger partial charge >= 0.3 is 0 Å². The van der Waals surface area contributed by atoms with Crippen LogP contribution in [0.2, 0.25) is 5.02 Å². The summed E-state index contributed by atoms with van der Waals surface area (Å²) in [7, 11) is 1.49. The predicted molar refractivity (Wildman–Crippen MR) is 70.3 cm³/mol. The number of benzene rings is 1. The first-order valence-electron chi connectivity index (χ1n) is 5.40. The van der Waals surface area contributed by atoms with Crippen LogP contribution in [-0.2, 0) is 11.3 Å². The number of hydrogen-bond acceptors (Lipinski definition) is 4.